The van der Waals surface area contributed by atoms with E-state index in [2.05, 4.69) is 29.6 Å². The minimum atomic E-state index is -1.01. The highest BCUT2D eigenvalue weighted by molar-refractivity contribution is 5.79. The molecule has 8 heteroatoms. The van der Waals surface area contributed by atoms with Gasteiger partial charge in [0.15, 0.2) is 0 Å². The highest BCUT2D eigenvalue weighted by Gasteiger charge is 2.36. The number of nitrogens with one attached hydrogen (secondary N) is 1. The van der Waals surface area contributed by atoms with Gasteiger partial charge < -0.3 is 24.8 Å². The van der Waals surface area contributed by atoms with Crippen LogP contribution in [0.1, 0.15) is 42.7 Å². The lowest BCUT2D eigenvalue weighted by molar-refractivity contribution is -0.154. The topological polar surface area (TPSA) is 105 Å². The number of carbonyl (C=O) groups is 3. The number of carboxylic acid groups (broad SMARTS) is 1. The molecule has 3 aliphatic rings. The zero-order valence-electron chi connectivity index (χ0n) is 19.5. The van der Waals surface area contributed by atoms with E-state index in [4.69, 9.17) is 14.6 Å². The lowest BCUT2D eigenvalue weighted by atomic mass is 9.97. The molecule has 2 fully saturated rings. The summed E-state index contributed by atoms with van der Waals surface area (Å²) < 4.78 is 10.9. The van der Waals surface area contributed by atoms with E-state index in [0.29, 0.717) is 19.5 Å². The van der Waals surface area contributed by atoms with Crippen LogP contribution < -0.4 is 5.32 Å². The largest absolute Gasteiger partial charge is 0.480 e. The fourth-order valence-corrected chi connectivity index (χ4v) is 5.55. The number of benzene rings is 2. The Labute approximate surface area is 204 Å². The third-order valence-electron chi connectivity index (χ3n) is 7.39. The molecule has 0 unspecified atom stereocenters. The van der Waals surface area contributed by atoms with Crippen molar-refractivity contribution < 1.29 is 29.0 Å². The fourth-order valence-electron chi connectivity index (χ4n) is 5.55. The molecule has 35 heavy (non-hydrogen) atoms. The van der Waals surface area contributed by atoms with Gasteiger partial charge >= 0.3 is 12.1 Å². The normalized spacial score (nSPS) is 21.2. The summed E-state index contributed by atoms with van der Waals surface area (Å²) >= 11 is 0. The van der Waals surface area contributed by atoms with E-state index < -0.39 is 12.1 Å². The third-order valence-corrected chi connectivity index (χ3v) is 7.39. The molecule has 0 spiro atoms. The summed E-state index contributed by atoms with van der Waals surface area (Å²) in [5, 5.41) is 11.7. The first kappa shape index (κ1) is 23.4. The van der Waals surface area contributed by atoms with Gasteiger partial charge in [-0.3, -0.25) is 4.79 Å². The SMILES string of the molecule is O=C(O)COC1CN(C(=O)C[C@@H]2CCC[C@H]2NC(=O)OCC2c3ccccc3-c3ccccc32)C1. The van der Waals surface area contributed by atoms with Gasteiger partial charge in [0.1, 0.15) is 13.2 Å². The number of likely N-dealkylation sites (tertiary alicyclic amines) is 1. The number of carboxylic acids is 1. The van der Waals surface area contributed by atoms with E-state index in [1.807, 2.05) is 24.3 Å². The number of carbonyl (C=O) groups excluding carboxylic acids is 2. The average Bonchev–Trinajstić information content (AvgIpc) is 3.38. The highest BCUT2D eigenvalue weighted by Crippen LogP contribution is 2.44. The number of alkyl carbamates (subject to hydrolysis) is 1. The molecule has 0 aromatic heterocycles. The van der Waals surface area contributed by atoms with Gasteiger partial charge in [0, 0.05) is 31.5 Å². The van der Waals surface area contributed by atoms with E-state index >= 15 is 0 Å². The van der Waals surface area contributed by atoms with Crippen LogP contribution in [-0.2, 0) is 19.1 Å². The summed E-state index contributed by atoms with van der Waals surface area (Å²) in [6, 6.07) is 16.4. The van der Waals surface area contributed by atoms with Gasteiger partial charge in [0.2, 0.25) is 5.91 Å². The Morgan fingerprint density at radius 1 is 0.971 bits per heavy atom. The molecule has 2 aromatic carbocycles. The molecule has 1 saturated heterocycles. The quantitative estimate of drug-likeness (QED) is 0.603. The van der Waals surface area contributed by atoms with Gasteiger partial charge in [0.25, 0.3) is 0 Å². The van der Waals surface area contributed by atoms with Crippen molar-refractivity contribution in [3.8, 4) is 11.1 Å². The van der Waals surface area contributed by atoms with Crippen molar-refractivity contribution in [3.63, 3.8) is 0 Å². The smallest absolute Gasteiger partial charge is 0.407 e. The molecular weight excluding hydrogens is 448 g/mol. The second kappa shape index (κ2) is 10.1. The molecule has 1 saturated carbocycles. The van der Waals surface area contributed by atoms with Crippen LogP contribution in [0.5, 0.6) is 0 Å². The van der Waals surface area contributed by atoms with E-state index in [0.717, 1.165) is 19.3 Å². The molecule has 1 aliphatic heterocycles. The monoisotopic (exact) mass is 478 g/mol. The van der Waals surface area contributed by atoms with E-state index in [1.54, 1.807) is 4.90 Å². The van der Waals surface area contributed by atoms with Crippen LogP contribution in [0.4, 0.5) is 4.79 Å². The zero-order chi connectivity index (χ0) is 24.4. The van der Waals surface area contributed by atoms with Crippen LogP contribution in [0.2, 0.25) is 0 Å². The number of rotatable bonds is 8. The van der Waals surface area contributed by atoms with E-state index in [9.17, 15) is 14.4 Å². The first-order valence-corrected chi connectivity index (χ1v) is 12.2. The number of fused-ring (bicyclic) bond motifs is 3. The van der Waals surface area contributed by atoms with Crippen molar-refractivity contribution >= 4 is 18.0 Å². The molecule has 2 amide bonds. The molecule has 2 aliphatic carbocycles. The Morgan fingerprint density at radius 3 is 2.29 bits per heavy atom. The predicted molar refractivity (Wildman–Crippen MR) is 128 cm³/mol. The number of hydrogen-bond donors (Lipinski definition) is 2. The highest BCUT2D eigenvalue weighted by atomic mass is 16.5. The molecule has 2 atom stereocenters. The van der Waals surface area contributed by atoms with Crippen LogP contribution in [0, 0.1) is 5.92 Å². The maximum absolute atomic E-state index is 12.7. The van der Waals surface area contributed by atoms with Crippen molar-refractivity contribution in [2.75, 3.05) is 26.3 Å². The van der Waals surface area contributed by atoms with Crippen LogP contribution in [-0.4, -0.2) is 66.4 Å². The molecule has 8 nitrogen and oxygen atoms in total. The van der Waals surface area contributed by atoms with Gasteiger partial charge in [0.05, 0.1) is 6.10 Å². The second-order valence-corrected chi connectivity index (χ2v) is 9.60. The predicted octanol–water partition coefficient (Wildman–Crippen LogP) is 3.40. The number of nitrogens with zero attached hydrogens (tertiary/aromatic N) is 1. The lowest BCUT2D eigenvalue weighted by Gasteiger charge is -2.39. The minimum Gasteiger partial charge on any atom is -0.480 e. The molecule has 5 rings (SSSR count). The van der Waals surface area contributed by atoms with E-state index in [1.165, 1.54) is 22.3 Å². The van der Waals surface area contributed by atoms with Crippen molar-refractivity contribution in [3.05, 3.63) is 59.7 Å². The summed E-state index contributed by atoms with van der Waals surface area (Å²) in [4.78, 5) is 37.6. The van der Waals surface area contributed by atoms with Gasteiger partial charge in [-0.15, -0.1) is 0 Å². The number of amides is 2. The van der Waals surface area contributed by atoms with Gasteiger partial charge in [-0.1, -0.05) is 55.0 Å². The van der Waals surface area contributed by atoms with Crippen LogP contribution in [0.3, 0.4) is 0 Å². The van der Waals surface area contributed by atoms with E-state index in [-0.39, 0.29) is 43.1 Å². The molecule has 0 radical (unpaired) electrons. The summed E-state index contributed by atoms with van der Waals surface area (Å²) in [6.45, 7) is 0.760. The van der Waals surface area contributed by atoms with Crippen molar-refractivity contribution in [2.45, 2.75) is 43.7 Å². The Balaban J connectivity index is 1.11. The standard InChI is InChI=1S/C27H30N2O6/c30-25(29-13-18(14-29)34-16-26(31)32)12-17-6-5-11-24(17)28-27(33)35-15-23-21-9-3-1-7-19(21)20-8-2-4-10-22(20)23/h1-4,7-10,17-18,23-24H,5-6,11-16H2,(H,28,33)(H,31,32)/t17-,24+/m0/s1. The fraction of sp³-hybridized carbons (Fsp3) is 0.444. The first-order valence-electron chi connectivity index (χ1n) is 12.2. The van der Waals surface area contributed by atoms with Crippen molar-refractivity contribution in [1.82, 2.24) is 10.2 Å². The molecule has 1 heterocycles. The lowest BCUT2D eigenvalue weighted by Crippen LogP contribution is -2.55. The average molecular weight is 479 g/mol. The zero-order valence-corrected chi connectivity index (χ0v) is 19.5. The second-order valence-electron chi connectivity index (χ2n) is 9.60. The maximum atomic E-state index is 12.7. The summed E-state index contributed by atoms with van der Waals surface area (Å²) in [7, 11) is 0. The Morgan fingerprint density at radius 2 is 1.63 bits per heavy atom. The van der Waals surface area contributed by atoms with Gasteiger partial charge in [-0.2, -0.15) is 0 Å². The van der Waals surface area contributed by atoms with Crippen LogP contribution >= 0.6 is 0 Å². The van der Waals surface area contributed by atoms with Crippen LogP contribution in [0.25, 0.3) is 11.1 Å². The third kappa shape index (κ3) is 5.03. The summed E-state index contributed by atoms with van der Waals surface area (Å²) in [5.74, 6) is -0.909. The number of hydrogen-bond acceptors (Lipinski definition) is 5. The van der Waals surface area contributed by atoms with Gasteiger partial charge in [-0.25, -0.2) is 9.59 Å². The minimum absolute atomic E-state index is 0.0109. The molecular formula is C27H30N2O6. The molecule has 0 bridgehead atoms. The first-order chi connectivity index (χ1) is 17.0. The van der Waals surface area contributed by atoms with Crippen molar-refractivity contribution in [2.24, 2.45) is 5.92 Å². The van der Waals surface area contributed by atoms with Crippen LogP contribution in [0.15, 0.2) is 48.5 Å². The summed E-state index contributed by atoms with van der Waals surface area (Å²) in [5.41, 5.74) is 4.72. The van der Waals surface area contributed by atoms with Crippen molar-refractivity contribution in [1.29, 1.82) is 0 Å². The molecule has 184 valence electrons. The Bertz CT molecular complexity index is 1070. The Kier molecular flexibility index (Phi) is 6.72. The maximum Gasteiger partial charge on any atom is 0.407 e. The summed E-state index contributed by atoms with van der Waals surface area (Å²) in [6.07, 6.45) is 2.37. The number of aliphatic carboxylic acids is 1. The molecule has 2 aromatic rings. The molecule has 2 N–H and O–H groups in total. The Hall–Kier alpha value is -3.39. The van der Waals surface area contributed by atoms with Gasteiger partial charge in [-0.05, 0) is 41.0 Å². The number of ether oxygens (including phenoxy) is 2.